The van der Waals surface area contributed by atoms with Crippen molar-refractivity contribution in [2.45, 2.75) is 19.4 Å². The van der Waals surface area contributed by atoms with Crippen molar-refractivity contribution in [3.05, 3.63) is 52.8 Å². The molecule has 144 valence electrons. The van der Waals surface area contributed by atoms with Crippen LogP contribution in [0.15, 0.2) is 36.4 Å². The summed E-state index contributed by atoms with van der Waals surface area (Å²) in [5.41, 5.74) is 0.846. The van der Waals surface area contributed by atoms with Gasteiger partial charge in [-0.1, -0.05) is 17.7 Å². The summed E-state index contributed by atoms with van der Waals surface area (Å²) in [6.45, 7) is 1.44. The first kappa shape index (κ1) is 20.5. The van der Waals surface area contributed by atoms with E-state index in [-0.39, 0.29) is 12.2 Å². The lowest BCUT2D eigenvalue weighted by Crippen LogP contribution is -2.30. The molecule has 1 atom stereocenters. The second-order valence-electron chi connectivity index (χ2n) is 5.62. The number of methoxy groups -OCH3 is 2. The number of carbonyl (C=O) groups is 2. The first-order valence-corrected chi connectivity index (χ1v) is 8.38. The highest BCUT2D eigenvalue weighted by molar-refractivity contribution is 6.32. The Morgan fingerprint density at radius 1 is 1.11 bits per heavy atom. The minimum absolute atomic E-state index is 0.0815. The molecule has 0 spiro atoms. The molecule has 0 saturated carbocycles. The largest absolute Gasteiger partial charge is 0.495 e. The molecule has 0 unspecified atom stereocenters. The van der Waals surface area contributed by atoms with E-state index < -0.39 is 23.8 Å². The summed E-state index contributed by atoms with van der Waals surface area (Å²) < 4.78 is 28.6. The minimum Gasteiger partial charge on any atom is -0.495 e. The van der Waals surface area contributed by atoms with Gasteiger partial charge in [-0.3, -0.25) is 9.59 Å². The summed E-state index contributed by atoms with van der Waals surface area (Å²) in [6, 6.07) is 8.88. The van der Waals surface area contributed by atoms with Crippen LogP contribution in [0.3, 0.4) is 0 Å². The molecule has 8 heteroatoms. The first-order chi connectivity index (χ1) is 12.8. The van der Waals surface area contributed by atoms with E-state index in [4.69, 9.17) is 25.8 Å². The third-order valence-corrected chi connectivity index (χ3v) is 3.96. The van der Waals surface area contributed by atoms with Crippen molar-refractivity contribution in [1.82, 2.24) is 0 Å². The van der Waals surface area contributed by atoms with Crippen LogP contribution in [0.4, 0.5) is 10.1 Å². The summed E-state index contributed by atoms with van der Waals surface area (Å²) in [7, 11) is 2.83. The Kier molecular flexibility index (Phi) is 7.01. The van der Waals surface area contributed by atoms with E-state index in [0.29, 0.717) is 22.0 Å². The van der Waals surface area contributed by atoms with Crippen molar-refractivity contribution in [1.29, 1.82) is 0 Å². The van der Waals surface area contributed by atoms with E-state index in [0.717, 1.165) is 0 Å². The van der Waals surface area contributed by atoms with E-state index in [1.807, 2.05) is 0 Å². The number of amides is 1. The number of anilines is 1. The number of ether oxygens (including phenoxy) is 3. The number of esters is 1. The van der Waals surface area contributed by atoms with Crippen LogP contribution in [-0.4, -0.2) is 32.2 Å². The van der Waals surface area contributed by atoms with Gasteiger partial charge in [-0.15, -0.1) is 0 Å². The molecular weight excluding hydrogens is 377 g/mol. The Morgan fingerprint density at radius 3 is 2.37 bits per heavy atom. The molecule has 0 aliphatic rings. The number of hydrogen-bond donors (Lipinski definition) is 1. The van der Waals surface area contributed by atoms with E-state index in [1.165, 1.54) is 39.3 Å². The highest BCUT2D eigenvalue weighted by Gasteiger charge is 2.19. The summed E-state index contributed by atoms with van der Waals surface area (Å²) in [4.78, 5) is 24.2. The van der Waals surface area contributed by atoms with Gasteiger partial charge in [-0.2, -0.15) is 0 Å². The molecular formula is C19H19ClFNO5. The number of nitrogens with one attached hydrogen (secondary N) is 1. The Balaban J connectivity index is 1.92. The molecule has 0 fully saturated rings. The molecule has 1 N–H and O–H groups in total. The van der Waals surface area contributed by atoms with Crippen LogP contribution in [0.2, 0.25) is 5.02 Å². The quantitative estimate of drug-likeness (QED) is 0.725. The number of hydrogen-bond acceptors (Lipinski definition) is 5. The molecule has 0 aromatic heterocycles. The predicted octanol–water partition coefficient (Wildman–Crippen LogP) is 3.61. The molecule has 0 saturated heterocycles. The van der Waals surface area contributed by atoms with Gasteiger partial charge in [0.2, 0.25) is 0 Å². The molecule has 1 amide bonds. The predicted molar refractivity (Wildman–Crippen MR) is 98.8 cm³/mol. The maximum Gasteiger partial charge on any atom is 0.311 e. The van der Waals surface area contributed by atoms with Crippen molar-refractivity contribution in [3.8, 4) is 11.5 Å². The summed E-state index contributed by atoms with van der Waals surface area (Å²) >= 11 is 6.00. The van der Waals surface area contributed by atoms with Gasteiger partial charge in [-0.25, -0.2) is 4.39 Å². The monoisotopic (exact) mass is 395 g/mol. The van der Waals surface area contributed by atoms with Gasteiger partial charge in [0.25, 0.3) is 5.91 Å². The third-order valence-electron chi connectivity index (χ3n) is 3.66. The topological polar surface area (TPSA) is 73.9 Å². The first-order valence-electron chi connectivity index (χ1n) is 8.00. The average Bonchev–Trinajstić information content (AvgIpc) is 2.62. The highest BCUT2D eigenvalue weighted by atomic mass is 35.5. The Morgan fingerprint density at radius 2 is 1.78 bits per heavy atom. The Hall–Kier alpha value is -2.80. The third kappa shape index (κ3) is 5.59. The standard InChI is InChI=1S/C19H19ClFNO5/c1-11(19(24)22-13-5-7-16(25-2)14(20)10-13)27-18(23)9-12-4-6-17(26-3)15(21)8-12/h4-8,10-11H,9H2,1-3H3,(H,22,24)/t11-/m0/s1. The summed E-state index contributed by atoms with van der Waals surface area (Å²) in [6.07, 6.45) is -1.21. The second-order valence-corrected chi connectivity index (χ2v) is 6.02. The van der Waals surface area contributed by atoms with Crippen molar-refractivity contribution in [2.24, 2.45) is 0 Å². The van der Waals surface area contributed by atoms with E-state index >= 15 is 0 Å². The minimum atomic E-state index is -1.04. The molecule has 27 heavy (non-hydrogen) atoms. The van der Waals surface area contributed by atoms with Gasteiger partial charge in [0.05, 0.1) is 25.7 Å². The van der Waals surface area contributed by atoms with Crippen molar-refractivity contribution in [3.63, 3.8) is 0 Å². The van der Waals surface area contributed by atoms with Gasteiger partial charge >= 0.3 is 5.97 Å². The zero-order valence-electron chi connectivity index (χ0n) is 15.0. The van der Waals surface area contributed by atoms with Crippen molar-refractivity contribution < 1.29 is 28.2 Å². The van der Waals surface area contributed by atoms with Crippen molar-refractivity contribution in [2.75, 3.05) is 19.5 Å². The smallest absolute Gasteiger partial charge is 0.311 e. The van der Waals surface area contributed by atoms with E-state index in [1.54, 1.807) is 18.2 Å². The lowest BCUT2D eigenvalue weighted by atomic mass is 10.1. The van der Waals surface area contributed by atoms with Crippen LogP contribution in [0, 0.1) is 5.82 Å². The van der Waals surface area contributed by atoms with Gasteiger partial charge in [-0.05, 0) is 42.8 Å². The zero-order valence-corrected chi connectivity index (χ0v) is 15.8. The van der Waals surface area contributed by atoms with Gasteiger partial charge in [0, 0.05) is 5.69 Å². The maximum atomic E-state index is 13.7. The number of carbonyl (C=O) groups excluding carboxylic acids is 2. The number of halogens is 2. The lowest BCUT2D eigenvalue weighted by molar-refractivity contribution is -0.152. The van der Waals surface area contributed by atoms with Gasteiger partial charge < -0.3 is 19.5 Å². The van der Waals surface area contributed by atoms with E-state index in [2.05, 4.69) is 5.32 Å². The molecule has 0 heterocycles. The lowest BCUT2D eigenvalue weighted by Gasteiger charge is -2.14. The molecule has 0 aliphatic carbocycles. The normalized spacial score (nSPS) is 11.4. The number of benzene rings is 2. The van der Waals surface area contributed by atoms with Crippen LogP contribution in [0.25, 0.3) is 0 Å². The molecule has 6 nitrogen and oxygen atoms in total. The molecule has 2 aromatic carbocycles. The average molecular weight is 396 g/mol. The molecule has 0 bridgehead atoms. The van der Waals surface area contributed by atoms with Crippen LogP contribution < -0.4 is 14.8 Å². The molecule has 2 rings (SSSR count). The highest BCUT2D eigenvalue weighted by Crippen LogP contribution is 2.27. The zero-order chi connectivity index (χ0) is 20.0. The fourth-order valence-corrected chi connectivity index (χ4v) is 2.52. The van der Waals surface area contributed by atoms with Gasteiger partial charge in [0.1, 0.15) is 5.75 Å². The Bertz CT molecular complexity index is 843. The Labute approximate surface area is 161 Å². The van der Waals surface area contributed by atoms with Gasteiger partial charge in [0.15, 0.2) is 17.7 Å². The van der Waals surface area contributed by atoms with Crippen LogP contribution in [0.1, 0.15) is 12.5 Å². The SMILES string of the molecule is COc1ccc(CC(=O)O[C@@H](C)C(=O)Nc2ccc(OC)c(Cl)c2)cc1F. The molecule has 0 aliphatic heterocycles. The second kappa shape index (κ2) is 9.23. The van der Waals surface area contributed by atoms with Crippen LogP contribution >= 0.6 is 11.6 Å². The van der Waals surface area contributed by atoms with Crippen molar-refractivity contribution >= 4 is 29.2 Å². The molecule has 0 radical (unpaired) electrons. The van der Waals surface area contributed by atoms with Crippen LogP contribution in [0.5, 0.6) is 11.5 Å². The van der Waals surface area contributed by atoms with Crippen LogP contribution in [-0.2, 0) is 20.7 Å². The fraction of sp³-hybridized carbons (Fsp3) is 0.263. The maximum absolute atomic E-state index is 13.7. The molecule has 2 aromatic rings. The summed E-state index contributed by atoms with van der Waals surface area (Å²) in [5, 5.41) is 2.93. The van der Waals surface area contributed by atoms with E-state index in [9.17, 15) is 14.0 Å². The number of rotatable bonds is 7. The summed E-state index contributed by atoms with van der Waals surface area (Å²) in [5.74, 6) is -1.20. The fourth-order valence-electron chi connectivity index (χ4n) is 2.27.